The molecular formula is C13H20N4O. The summed E-state index contributed by atoms with van der Waals surface area (Å²) in [4.78, 5) is 6.32. The average Bonchev–Trinajstić information content (AvgIpc) is 2.27. The van der Waals surface area contributed by atoms with Gasteiger partial charge in [-0.1, -0.05) is 0 Å². The van der Waals surface area contributed by atoms with Gasteiger partial charge in [0.2, 0.25) is 0 Å². The molecular weight excluding hydrogens is 228 g/mol. The van der Waals surface area contributed by atoms with Crippen LogP contribution < -0.4 is 16.4 Å². The fraction of sp³-hybridized carbons (Fsp3) is 0.462. The Morgan fingerprint density at radius 1 is 1.17 bits per heavy atom. The highest BCUT2D eigenvalue weighted by Crippen LogP contribution is 2.23. The van der Waals surface area contributed by atoms with Crippen LogP contribution in [0.4, 0.5) is 11.4 Å². The highest BCUT2D eigenvalue weighted by Gasteiger charge is 2.22. The van der Waals surface area contributed by atoms with Gasteiger partial charge >= 0.3 is 0 Å². The maximum absolute atomic E-state index is 5.72. The molecule has 0 aromatic heterocycles. The molecule has 5 nitrogen and oxygen atoms in total. The Hall–Kier alpha value is -1.75. The van der Waals surface area contributed by atoms with Gasteiger partial charge in [-0.05, 0) is 38.1 Å². The normalized spacial score (nSPS) is 23.8. The first-order chi connectivity index (χ1) is 8.54. The number of ether oxygens (including phenoxy) is 1. The average molecular weight is 248 g/mol. The van der Waals surface area contributed by atoms with Gasteiger partial charge in [-0.3, -0.25) is 0 Å². The molecule has 0 spiro atoms. The van der Waals surface area contributed by atoms with Gasteiger partial charge in [-0.25, -0.2) is 4.99 Å². The molecule has 18 heavy (non-hydrogen) atoms. The van der Waals surface area contributed by atoms with Crippen LogP contribution in [-0.4, -0.2) is 31.3 Å². The number of rotatable bonds is 2. The van der Waals surface area contributed by atoms with Crippen molar-refractivity contribution in [1.29, 1.82) is 0 Å². The Kier molecular flexibility index (Phi) is 3.72. The fourth-order valence-corrected chi connectivity index (χ4v) is 2.28. The lowest BCUT2D eigenvalue weighted by atomic mass is 10.2. The van der Waals surface area contributed by atoms with Gasteiger partial charge in [0.1, 0.15) is 0 Å². The lowest BCUT2D eigenvalue weighted by Gasteiger charge is -2.36. The van der Waals surface area contributed by atoms with Crippen molar-refractivity contribution in [3.8, 4) is 0 Å². The Bertz CT molecular complexity index is 415. The molecule has 0 aliphatic carbocycles. The third kappa shape index (κ3) is 3.13. The van der Waals surface area contributed by atoms with E-state index in [1.165, 1.54) is 5.69 Å². The molecule has 2 rings (SSSR count). The largest absolute Gasteiger partial charge is 0.372 e. The zero-order chi connectivity index (χ0) is 13.1. The maximum Gasteiger partial charge on any atom is 0.191 e. The van der Waals surface area contributed by atoms with E-state index in [9.17, 15) is 0 Å². The first kappa shape index (κ1) is 12.7. The van der Waals surface area contributed by atoms with E-state index < -0.39 is 0 Å². The summed E-state index contributed by atoms with van der Waals surface area (Å²) >= 11 is 0. The minimum Gasteiger partial charge on any atom is -0.372 e. The second-order valence-electron chi connectivity index (χ2n) is 4.72. The van der Waals surface area contributed by atoms with Gasteiger partial charge in [-0.15, -0.1) is 0 Å². The fourth-order valence-electron chi connectivity index (χ4n) is 2.28. The molecule has 1 heterocycles. The van der Waals surface area contributed by atoms with Crippen molar-refractivity contribution in [3.63, 3.8) is 0 Å². The van der Waals surface area contributed by atoms with Gasteiger partial charge in [0.25, 0.3) is 0 Å². The van der Waals surface area contributed by atoms with Crippen molar-refractivity contribution in [2.75, 3.05) is 18.0 Å². The quantitative estimate of drug-likeness (QED) is 0.609. The maximum atomic E-state index is 5.72. The standard InChI is InChI=1S/C13H20N4O/c1-9-7-17(8-10(2)18-9)12-5-3-11(4-6-12)16-13(14)15/h3-6,9-10H,7-8H2,1-2H3,(H4,14,15,16). The van der Waals surface area contributed by atoms with Gasteiger partial charge < -0.3 is 21.1 Å². The van der Waals surface area contributed by atoms with Crippen molar-refractivity contribution < 1.29 is 4.74 Å². The van der Waals surface area contributed by atoms with Crippen LogP contribution in [0.3, 0.4) is 0 Å². The summed E-state index contributed by atoms with van der Waals surface area (Å²) in [7, 11) is 0. The molecule has 2 unspecified atom stereocenters. The number of guanidine groups is 1. The molecule has 1 aromatic carbocycles. The van der Waals surface area contributed by atoms with Crippen molar-refractivity contribution in [3.05, 3.63) is 24.3 Å². The molecule has 1 aliphatic rings. The summed E-state index contributed by atoms with van der Waals surface area (Å²) in [6.07, 6.45) is 0.511. The Balaban J connectivity index is 2.11. The lowest BCUT2D eigenvalue weighted by Crippen LogP contribution is -2.45. The van der Waals surface area contributed by atoms with Crippen molar-refractivity contribution in [2.45, 2.75) is 26.1 Å². The minimum absolute atomic E-state index is 0.0800. The number of hydrogen-bond acceptors (Lipinski definition) is 3. The number of nitrogens with two attached hydrogens (primary N) is 2. The van der Waals surface area contributed by atoms with E-state index in [1.54, 1.807) is 0 Å². The van der Waals surface area contributed by atoms with E-state index in [0.29, 0.717) is 0 Å². The van der Waals surface area contributed by atoms with Gasteiger partial charge in [0, 0.05) is 18.8 Å². The van der Waals surface area contributed by atoms with Crippen LogP contribution in [0.15, 0.2) is 29.3 Å². The number of aliphatic imine (C=N–C) groups is 1. The predicted molar refractivity (Wildman–Crippen MR) is 74.1 cm³/mol. The van der Waals surface area contributed by atoms with Gasteiger partial charge in [0.05, 0.1) is 17.9 Å². The highest BCUT2D eigenvalue weighted by molar-refractivity contribution is 5.79. The molecule has 1 aliphatic heterocycles. The van der Waals surface area contributed by atoms with E-state index in [-0.39, 0.29) is 18.2 Å². The summed E-state index contributed by atoms with van der Waals surface area (Å²) in [6, 6.07) is 7.90. The number of hydrogen-bond donors (Lipinski definition) is 2. The second kappa shape index (κ2) is 5.27. The number of benzene rings is 1. The predicted octanol–water partition coefficient (Wildman–Crippen LogP) is 1.21. The molecule has 2 atom stereocenters. The molecule has 98 valence electrons. The Labute approximate surface area is 107 Å². The van der Waals surface area contributed by atoms with E-state index in [4.69, 9.17) is 16.2 Å². The monoisotopic (exact) mass is 248 g/mol. The van der Waals surface area contributed by atoms with Crippen LogP contribution in [0.2, 0.25) is 0 Å². The van der Waals surface area contributed by atoms with Crippen LogP contribution in [0.1, 0.15) is 13.8 Å². The van der Waals surface area contributed by atoms with Crippen molar-refractivity contribution in [2.24, 2.45) is 16.5 Å². The molecule has 0 radical (unpaired) electrons. The Morgan fingerprint density at radius 3 is 2.22 bits per heavy atom. The zero-order valence-corrected chi connectivity index (χ0v) is 10.8. The molecule has 4 N–H and O–H groups in total. The summed E-state index contributed by atoms with van der Waals surface area (Å²) in [5.74, 6) is 0.0800. The molecule has 5 heteroatoms. The number of morpholine rings is 1. The van der Waals surface area contributed by atoms with Gasteiger partial charge in [-0.2, -0.15) is 0 Å². The van der Waals surface area contributed by atoms with E-state index in [0.717, 1.165) is 18.8 Å². The molecule has 1 fully saturated rings. The van der Waals surface area contributed by atoms with Crippen LogP contribution >= 0.6 is 0 Å². The molecule has 0 amide bonds. The first-order valence-electron chi connectivity index (χ1n) is 6.14. The second-order valence-corrected chi connectivity index (χ2v) is 4.72. The van der Waals surface area contributed by atoms with E-state index in [1.807, 2.05) is 24.3 Å². The van der Waals surface area contributed by atoms with Crippen LogP contribution in [0, 0.1) is 0 Å². The van der Waals surface area contributed by atoms with Crippen LogP contribution in [0.25, 0.3) is 0 Å². The Morgan fingerprint density at radius 2 is 1.72 bits per heavy atom. The minimum atomic E-state index is 0.0800. The summed E-state index contributed by atoms with van der Waals surface area (Å²) in [5.41, 5.74) is 12.6. The highest BCUT2D eigenvalue weighted by atomic mass is 16.5. The zero-order valence-electron chi connectivity index (χ0n) is 10.8. The number of nitrogens with zero attached hydrogens (tertiary/aromatic N) is 2. The van der Waals surface area contributed by atoms with E-state index >= 15 is 0 Å². The first-order valence-corrected chi connectivity index (χ1v) is 6.14. The number of anilines is 1. The van der Waals surface area contributed by atoms with Gasteiger partial charge in [0.15, 0.2) is 5.96 Å². The smallest absolute Gasteiger partial charge is 0.191 e. The topological polar surface area (TPSA) is 76.9 Å². The summed E-state index contributed by atoms with van der Waals surface area (Å²) in [5, 5.41) is 0. The molecule has 0 bridgehead atoms. The van der Waals surface area contributed by atoms with Crippen molar-refractivity contribution in [1.82, 2.24) is 0 Å². The van der Waals surface area contributed by atoms with E-state index in [2.05, 4.69) is 23.7 Å². The molecule has 1 aromatic rings. The SMILES string of the molecule is CC1CN(c2ccc(N=C(N)N)cc2)CC(C)O1. The van der Waals surface area contributed by atoms with Crippen LogP contribution in [0.5, 0.6) is 0 Å². The third-order valence-corrected chi connectivity index (χ3v) is 2.89. The summed E-state index contributed by atoms with van der Waals surface area (Å²) in [6.45, 7) is 6.00. The van der Waals surface area contributed by atoms with Crippen molar-refractivity contribution >= 4 is 17.3 Å². The molecule has 1 saturated heterocycles. The lowest BCUT2D eigenvalue weighted by molar-refractivity contribution is -0.00521. The summed E-state index contributed by atoms with van der Waals surface area (Å²) < 4.78 is 5.72. The van der Waals surface area contributed by atoms with Crippen LogP contribution in [-0.2, 0) is 4.74 Å². The third-order valence-electron chi connectivity index (χ3n) is 2.89. The molecule has 0 saturated carbocycles.